The summed E-state index contributed by atoms with van der Waals surface area (Å²) in [5, 5.41) is 10.3. The van der Waals surface area contributed by atoms with Gasteiger partial charge in [-0.1, -0.05) is 18.2 Å². The molecule has 0 atom stereocenters. The highest BCUT2D eigenvalue weighted by Crippen LogP contribution is 2.15. The molecular formula is C14H20N6S. The summed E-state index contributed by atoms with van der Waals surface area (Å²) in [6.45, 7) is 6.31. The number of rotatable bonds is 5. The number of para-hydroxylation sites is 1. The number of H-pyrrole nitrogens is 1. The molecule has 0 amide bonds. The normalized spacial score (nSPS) is 16.3. The highest BCUT2D eigenvalue weighted by molar-refractivity contribution is 7.71. The number of nitrogens with one attached hydrogen (secondary N) is 1. The van der Waals surface area contributed by atoms with Crippen molar-refractivity contribution in [3.05, 3.63) is 35.1 Å². The summed E-state index contributed by atoms with van der Waals surface area (Å²) in [6.07, 6.45) is 1.05. The Hall–Kier alpha value is -1.73. The molecule has 3 rings (SSSR count). The van der Waals surface area contributed by atoms with Gasteiger partial charge < -0.3 is 4.90 Å². The SMILES string of the molecule is S=c1[nH]nnn1CCCN1CCN(c2ccccc2)CC1. The Balaban J connectivity index is 1.42. The van der Waals surface area contributed by atoms with E-state index >= 15 is 0 Å². The molecule has 0 aliphatic carbocycles. The highest BCUT2D eigenvalue weighted by atomic mass is 32.1. The van der Waals surface area contributed by atoms with Crippen LogP contribution in [0.1, 0.15) is 6.42 Å². The fraction of sp³-hybridized carbons (Fsp3) is 0.500. The topological polar surface area (TPSA) is 53.0 Å². The van der Waals surface area contributed by atoms with Crippen LogP contribution in [-0.2, 0) is 6.54 Å². The standard InChI is InChI=1S/C14H20N6S/c21-14-15-16-17-20(14)8-4-7-18-9-11-19(12-10-18)13-5-2-1-3-6-13/h1-3,5-6H,4,7-12H2,(H,15,17,21). The number of piperazine rings is 1. The van der Waals surface area contributed by atoms with Gasteiger partial charge in [-0.3, -0.25) is 4.90 Å². The summed E-state index contributed by atoms with van der Waals surface area (Å²) in [6, 6.07) is 10.6. The number of aryl methyl sites for hydroxylation is 1. The van der Waals surface area contributed by atoms with Gasteiger partial charge in [-0.25, -0.2) is 9.78 Å². The summed E-state index contributed by atoms with van der Waals surface area (Å²) in [5.41, 5.74) is 1.33. The maximum absolute atomic E-state index is 5.09. The largest absolute Gasteiger partial charge is 0.369 e. The van der Waals surface area contributed by atoms with E-state index in [2.05, 4.69) is 55.7 Å². The molecule has 7 heteroatoms. The molecule has 0 spiro atoms. The molecule has 0 bridgehead atoms. The summed E-state index contributed by atoms with van der Waals surface area (Å²) >= 11 is 5.09. The van der Waals surface area contributed by atoms with Crippen LogP contribution in [0.3, 0.4) is 0 Å². The van der Waals surface area contributed by atoms with Crippen LogP contribution >= 0.6 is 12.2 Å². The summed E-state index contributed by atoms with van der Waals surface area (Å²) in [7, 11) is 0. The van der Waals surface area contributed by atoms with Crippen molar-refractivity contribution in [2.24, 2.45) is 0 Å². The van der Waals surface area contributed by atoms with Gasteiger partial charge in [-0.15, -0.1) is 0 Å². The molecule has 0 saturated carbocycles. The minimum absolute atomic E-state index is 0.601. The quantitative estimate of drug-likeness (QED) is 0.849. The number of nitrogens with zero attached hydrogens (tertiary/aromatic N) is 5. The van der Waals surface area contributed by atoms with Crippen molar-refractivity contribution < 1.29 is 0 Å². The molecular weight excluding hydrogens is 284 g/mol. The molecule has 0 unspecified atom stereocenters. The summed E-state index contributed by atoms with van der Waals surface area (Å²) in [5.74, 6) is 0. The lowest BCUT2D eigenvalue weighted by Crippen LogP contribution is -2.46. The number of anilines is 1. The van der Waals surface area contributed by atoms with Crippen LogP contribution in [0, 0.1) is 4.77 Å². The Morgan fingerprint density at radius 2 is 1.81 bits per heavy atom. The van der Waals surface area contributed by atoms with E-state index in [4.69, 9.17) is 12.2 Å². The van der Waals surface area contributed by atoms with Crippen molar-refractivity contribution in [2.45, 2.75) is 13.0 Å². The van der Waals surface area contributed by atoms with E-state index in [1.807, 2.05) is 0 Å². The number of aromatic amines is 1. The van der Waals surface area contributed by atoms with Gasteiger partial charge in [0, 0.05) is 45.0 Å². The van der Waals surface area contributed by atoms with E-state index in [-0.39, 0.29) is 0 Å². The van der Waals surface area contributed by atoms with Crippen molar-refractivity contribution >= 4 is 17.9 Å². The maximum Gasteiger partial charge on any atom is 0.213 e. The molecule has 2 aromatic rings. The Bertz CT molecular complexity index is 599. The fourth-order valence-electron chi connectivity index (χ4n) is 2.68. The van der Waals surface area contributed by atoms with Crippen LogP contribution in [0.2, 0.25) is 0 Å². The van der Waals surface area contributed by atoms with Gasteiger partial charge in [0.05, 0.1) is 0 Å². The molecule has 112 valence electrons. The van der Waals surface area contributed by atoms with Gasteiger partial charge >= 0.3 is 0 Å². The second-order valence-corrected chi connectivity index (χ2v) is 5.63. The van der Waals surface area contributed by atoms with E-state index in [1.165, 1.54) is 5.69 Å². The Morgan fingerprint density at radius 3 is 2.48 bits per heavy atom. The van der Waals surface area contributed by atoms with Crippen molar-refractivity contribution in [1.29, 1.82) is 0 Å². The van der Waals surface area contributed by atoms with Crippen LogP contribution in [0.25, 0.3) is 0 Å². The molecule has 6 nitrogen and oxygen atoms in total. The predicted molar refractivity (Wildman–Crippen MR) is 84.9 cm³/mol. The van der Waals surface area contributed by atoms with Crippen LogP contribution in [0.4, 0.5) is 5.69 Å². The van der Waals surface area contributed by atoms with E-state index in [1.54, 1.807) is 4.68 Å². The molecule has 1 aromatic carbocycles. The monoisotopic (exact) mass is 304 g/mol. The Morgan fingerprint density at radius 1 is 1.05 bits per heavy atom. The van der Waals surface area contributed by atoms with Crippen molar-refractivity contribution in [1.82, 2.24) is 25.1 Å². The molecule has 1 aliphatic heterocycles. The average molecular weight is 304 g/mol. The Kier molecular flexibility index (Phi) is 4.62. The average Bonchev–Trinajstić information content (AvgIpc) is 2.94. The zero-order valence-corrected chi connectivity index (χ0v) is 12.8. The molecule has 1 aromatic heterocycles. The summed E-state index contributed by atoms with van der Waals surface area (Å²) in [4.78, 5) is 4.95. The molecule has 1 saturated heterocycles. The highest BCUT2D eigenvalue weighted by Gasteiger charge is 2.16. The molecule has 1 fully saturated rings. The third-order valence-electron chi connectivity index (χ3n) is 3.87. The lowest BCUT2D eigenvalue weighted by molar-refractivity contribution is 0.248. The van der Waals surface area contributed by atoms with Gasteiger partial charge in [0.25, 0.3) is 0 Å². The first-order chi connectivity index (χ1) is 10.3. The van der Waals surface area contributed by atoms with Crippen molar-refractivity contribution in [2.75, 3.05) is 37.6 Å². The second-order valence-electron chi connectivity index (χ2n) is 5.25. The first-order valence-corrected chi connectivity index (χ1v) is 7.74. The molecule has 2 heterocycles. The van der Waals surface area contributed by atoms with Crippen LogP contribution in [-0.4, -0.2) is 57.8 Å². The van der Waals surface area contributed by atoms with Crippen LogP contribution in [0.5, 0.6) is 0 Å². The zero-order chi connectivity index (χ0) is 14.5. The minimum atomic E-state index is 0.601. The van der Waals surface area contributed by atoms with E-state index in [0.29, 0.717) is 4.77 Å². The van der Waals surface area contributed by atoms with Gasteiger partial charge in [-0.05, 0) is 41.2 Å². The van der Waals surface area contributed by atoms with Gasteiger partial charge in [-0.2, -0.15) is 0 Å². The smallest absolute Gasteiger partial charge is 0.213 e. The first-order valence-electron chi connectivity index (χ1n) is 7.33. The lowest BCUT2D eigenvalue weighted by Gasteiger charge is -2.36. The number of benzene rings is 1. The number of hydrogen-bond donors (Lipinski definition) is 1. The fourth-order valence-corrected chi connectivity index (χ4v) is 2.84. The molecule has 0 radical (unpaired) electrons. The molecule has 21 heavy (non-hydrogen) atoms. The maximum atomic E-state index is 5.09. The molecule has 1 N–H and O–H groups in total. The number of hydrogen-bond acceptors (Lipinski definition) is 5. The van der Waals surface area contributed by atoms with E-state index in [9.17, 15) is 0 Å². The molecule has 1 aliphatic rings. The third-order valence-corrected chi connectivity index (χ3v) is 4.17. The van der Waals surface area contributed by atoms with Crippen molar-refractivity contribution in [3.8, 4) is 0 Å². The first kappa shape index (κ1) is 14.2. The number of aromatic nitrogens is 4. The Labute approximate surface area is 129 Å². The number of tetrazole rings is 1. The van der Waals surface area contributed by atoms with Gasteiger partial charge in [0.1, 0.15) is 0 Å². The van der Waals surface area contributed by atoms with E-state index < -0.39 is 0 Å². The van der Waals surface area contributed by atoms with Crippen LogP contribution in [0.15, 0.2) is 30.3 Å². The van der Waals surface area contributed by atoms with Gasteiger partial charge in [0.2, 0.25) is 4.77 Å². The van der Waals surface area contributed by atoms with Crippen LogP contribution < -0.4 is 4.90 Å². The second kappa shape index (κ2) is 6.82. The minimum Gasteiger partial charge on any atom is -0.369 e. The third kappa shape index (κ3) is 3.68. The predicted octanol–water partition coefficient (Wildman–Crippen LogP) is 1.55. The summed E-state index contributed by atoms with van der Waals surface area (Å²) < 4.78 is 2.35. The lowest BCUT2D eigenvalue weighted by atomic mass is 10.2. The van der Waals surface area contributed by atoms with Gasteiger partial charge in [0.15, 0.2) is 0 Å². The van der Waals surface area contributed by atoms with Crippen molar-refractivity contribution in [3.63, 3.8) is 0 Å². The van der Waals surface area contributed by atoms with E-state index in [0.717, 1.165) is 45.7 Å². The zero-order valence-electron chi connectivity index (χ0n) is 12.0.